The third kappa shape index (κ3) is 7.94. The number of carbonyl (C=O) groups excluding carboxylic acids is 1. The van der Waals surface area contributed by atoms with Crippen molar-refractivity contribution in [3.8, 4) is 0 Å². The predicted molar refractivity (Wildman–Crippen MR) is 76.8 cm³/mol. The molecule has 21 heavy (non-hydrogen) atoms. The maximum atomic E-state index is 11.4. The number of hydroxylamine groups is 1. The summed E-state index contributed by atoms with van der Waals surface area (Å²) >= 11 is 0. The molecule has 118 valence electrons. The van der Waals surface area contributed by atoms with E-state index in [0.717, 1.165) is 5.56 Å². The molecule has 0 spiro atoms. The molecule has 8 heteroatoms. The average Bonchev–Trinajstić information content (AvgIpc) is 2.50. The maximum absolute atomic E-state index is 11.4. The smallest absolute Gasteiger partial charge is 0.325 e. The van der Waals surface area contributed by atoms with Gasteiger partial charge in [-0.05, 0) is 12.0 Å². The van der Waals surface area contributed by atoms with E-state index >= 15 is 0 Å². The van der Waals surface area contributed by atoms with Gasteiger partial charge in [0.25, 0.3) is 0 Å². The third-order valence-electron chi connectivity index (χ3n) is 2.61. The second-order valence-corrected chi connectivity index (χ2v) is 5.51. The van der Waals surface area contributed by atoms with Crippen LogP contribution in [0.1, 0.15) is 12.0 Å². The average molecular weight is 317 g/mol. The van der Waals surface area contributed by atoms with Crippen molar-refractivity contribution in [2.45, 2.75) is 19.1 Å². The number of hydrogen-bond donors (Lipinski definition) is 2. The summed E-state index contributed by atoms with van der Waals surface area (Å²) in [6, 6.07) is 8.77. The zero-order valence-corrected chi connectivity index (χ0v) is 12.8. The van der Waals surface area contributed by atoms with Crippen LogP contribution >= 0.6 is 8.03 Å². The Labute approximate surface area is 124 Å². The second kappa shape index (κ2) is 10.5. The van der Waals surface area contributed by atoms with Crippen LogP contribution in [0.2, 0.25) is 0 Å². The molecule has 0 aliphatic rings. The number of rotatable bonds is 10. The Hall–Kier alpha value is -1.24. The molecule has 1 unspecified atom stereocenters. The van der Waals surface area contributed by atoms with Gasteiger partial charge in [-0.15, -0.1) is 0 Å². The van der Waals surface area contributed by atoms with Crippen LogP contribution in [0, 0.1) is 0 Å². The summed E-state index contributed by atoms with van der Waals surface area (Å²) in [6.07, 6.45) is 0.172. The van der Waals surface area contributed by atoms with Crippen LogP contribution in [0.4, 0.5) is 0 Å². The normalized spacial score (nSPS) is 13.6. The SMILES string of the molecule is COC(=O)[C@H](CC[PH](=O)O)NOCOCc1ccccc1. The van der Waals surface area contributed by atoms with Crippen LogP contribution in [0.15, 0.2) is 30.3 Å². The van der Waals surface area contributed by atoms with Crippen molar-refractivity contribution < 1.29 is 28.6 Å². The van der Waals surface area contributed by atoms with E-state index in [0.29, 0.717) is 6.61 Å². The van der Waals surface area contributed by atoms with Crippen LogP contribution in [-0.4, -0.2) is 37.0 Å². The Bertz CT molecular complexity index is 442. The van der Waals surface area contributed by atoms with Crippen LogP contribution in [0.5, 0.6) is 0 Å². The van der Waals surface area contributed by atoms with E-state index < -0.39 is 20.0 Å². The standard InChI is InChI=1S/C13H20NO6P/c1-18-13(15)12(7-8-21(16)17)14-20-10-19-9-11-5-3-2-4-6-11/h2-6,12,14,21H,7-10H2,1H3,(H,16,17)/t12-/m0/s1. The van der Waals surface area contributed by atoms with Crippen molar-refractivity contribution in [2.24, 2.45) is 0 Å². The van der Waals surface area contributed by atoms with Gasteiger partial charge in [0.15, 0.2) is 14.8 Å². The highest BCUT2D eigenvalue weighted by Crippen LogP contribution is 2.15. The summed E-state index contributed by atoms with van der Waals surface area (Å²) in [4.78, 5) is 25.3. The minimum absolute atomic E-state index is 0.0195. The lowest BCUT2D eigenvalue weighted by molar-refractivity contribution is -0.156. The van der Waals surface area contributed by atoms with Gasteiger partial charge in [0, 0.05) is 6.16 Å². The first-order valence-corrected chi connectivity index (χ1v) is 7.98. The summed E-state index contributed by atoms with van der Waals surface area (Å²) in [5.74, 6) is -0.554. The molecule has 1 rings (SSSR count). The summed E-state index contributed by atoms with van der Waals surface area (Å²) < 4.78 is 20.5. The van der Waals surface area contributed by atoms with E-state index in [9.17, 15) is 9.36 Å². The summed E-state index contributed by atoms with van der Waals surface area (Å²) in [7, 11) is -1.38. The monoisotopic (exact) mass is 317 g/mol. The van der Waals surface area contributed by atoms with E-state index in [1.807, 2.05) is 30.3 Å². The first-order valence-electron chi connectivity index (χ1n) is 6.42. The molecule has 0 radical (unpaired) electrons. The molecule has 0 aliphatic carbocycles. The van der Waals surface area contributed by atoms with Crippen molar-refractivity contribution in [1.29, 1.82) is 0 Å². The van der Waals surface area contributed by atoms with Gasteiger partial charge >= 0.3 is 5.97 Å². The lowest BCUT2D eigenvalue weighted by atomic mass is 10.2. The number of esters is 1. The Balaban J connectivity index is 2.23. The highest BCUT2D eigenvalue weighted by molar-refractivity contribution is 7.37. The molecule has 1 aromatic rings. The minimum Gasteiger partial charge on any atom is -0.468 e. The largest absolute Gasteiger partial charge is 0.468 e. The fourth-order valence-corrected chi connectivity index (χ4v) is 2.08. The Morgan fingerprint density at radius 1 is 1.38 bits per heavy atom. The van der Waals surface area contributed by atoms with Crippen LogP contribution < -0.4 is 5.48 Å². The highest BCUT2D eigenvalue weighted by Gasteiger charge is 2.19. The van der Waals surface area contributed by atoms with Crippen molar-refractivity contribution in [1.82, 2.24) is 5.48 Å². The molecule has 2 atom stereocenters. The number of carbonyl (C=O) groups is 1. The Morgan fingerprint density at radius 3 is 2.71 bits per heavy atom. The number of benzene rings is 1. The zero-order valence-electron chi connectivity index (χ0n) is 11.8. The van der Waals surface area contributed by atoms with Gasteiger partial charge in [0.2, 0.25) is 0 Å². The number of nitrogens with one attached hydrogen (secondary N) is 1. The van der Waals surface area contributed by atoms with Crippen molar-refractivity contribution in [2.75, 3.05) is 20.1 Å². The third-order valence-corrected chi connectivity index (χ3v) is 3.33. The van der Waals surface area contributed by atoms with Gasteiger partial charge in [-0.2, -0.15) is 5.48 Å². The van der Waals surface area contributed by atoms with Crippen molar-refractivity contribution >= 4 is 14.0 Å². The highest BCUT2D eigenvalue weighted by atomic mass is 31.1. The lowest BCUT2D eigenvalue weighted by Gasteiger charge is -2.15. The van der Waals surface area contributed by atoms with Crippen molar-refractivity contribution in [3.05, 3.63) is 35.9 Å². The van der Waals surface area contributed by atoms with E-state index in [4.69, 9.17) is 14.5 Å². The van der Waals surface area contributed by atoms with E-state index in [-0.39, 0.29) is 19.4 Å². The minimum atomic E-state index is -2.63. The van der Waals surface area contributed by atoms with E-state index in [1.54, 1.807) is 0 Å². The summed E-state index contributed by atoms with van der Waals surface area (Å²) in [5.41, 5.74) is 3.48. The topological polar surface area (TPSA) is 94.1 Å². The molecular weight excluding hydrogens is 297 g/mol. The van der Waals surface area contributed by atoms with Gasteiger partial charge in [0.05, 0.1) is 13.7 Å². The molecule has 1 aromatic carbocycles. The van der Waals surface area contributed by atoms with Gasteiger partial charge in [-0.1, -0.05) is 30.3 Å². The van der Waals surface area contributed by atoms with Crippen LogP contribution in [-0.2, 0) is 30.3 Å². The number of ether oxygens (including phenoxy) is 2. The quantitative estimate of drug-likeness (QED) is 0.219. The van der Waals surface area contributed by atoms with Crippen LogP contribution in [0.3, 0.4) is 0 Å². The lowest BCUT2D eigenvalue weighted by Crippen LogP contribution is -2.38. The molecule has 0 aliphatic heterocycles. The molecule has 0 heterocycles. The number of hydrogen-bond acceptors (Lipinski definition) is 6. The van der Waals surface area contributed by atoms with E-state index in [2.05, 4.69) is 10.2 Å². The Morgan fingerprint density at radius 2 is 2.10 bits per heavy atom. The Kier molecular flexibility index (Phi) is 8.89. The molecule has 0 saturated carbocycles. The van der Waals surface area contributed by atoms with E-state index in [1.165, 1.54) is 7.11 Å². The van der Waals surface area contributed by atoms with Crippen molar-refractivity contribution in [3.63, 3.8) is 0 Å². The molecule has 2 N–H and O–H groups in total. The van der Waals surface area contributed by atoms with Gasteiger partial charge in [-0.3, -0.25) is 14.2 Å². The van der Waals surface area contributed by atoms with Gasteiger partial charge in [0.1, 0.15) is 6.04 Å². The summed E-state index contributed by atoms with van der Waals surface area (Å²) in [6.45, 7) is 0.326. The fourth-order valence-electron chi connectivity index (χ4n) is 1.54. The molecule has 0 saturated heterocycles. The second-order valence-electron chi connectivity index (χ2n) is 4.22. The first-order chi connectivity index (χ1) is 10.1. The summed E-state index contributed by atoms with van der Waals surface area (Å²) in [5, 5.41) is 0. The van der Waals surface area contributed by atoms with Gasteiger partial charge in [-0.25, -0.2) is 0 Å². The molecule has 0 amide bonds. The molecule has 0 bridgehead atoms. The maximum Gasteiger partial charge on any atom is 0.325 e. The molecule has 0 fully saturated rings. The fraction of sp³-hybridized carbons (Fsp3) is 0.462. The van der Waals surface area contributed by atoms with Crippen LogP contribution in [0.25, 0.3) is 0 Å². The predicted octanol–water partition coefficient (Wildman–Crippen LogP) is 1.08. The van der Waals surface area contributed by atoms with Gasteiger partial charge < -0.3 is 14.4 Å². The number of methoxy groups -OCH3 is 1. The first kappa shape index (κ1) is 17.8. The molecule has 0 aromatic heterocycles. The molecule has 7 nitrogen and oxygen atoms in total. The molecular formula is C13H20NO6P. The zero-order chi connectivity index (χ0) is 15.5.